The molecule has 0 bridgehead atoms. The molecule has 0 spiro atoms. The number of furan rings is 2. The fraction of sp³-hybridized carbons (Fsp3) is 0. The van der Waals surface area contributed by atoms with Gasteiger partial charge in [-0.15, -0.1) is 0 Å². The van der Waals surface area contributed by atoms with Crippen molar-refractivity contribution in [1.29, 1.82) is 0 Å². The van der Waals surface area contributed by atoms with Crippen molar-refractivity contribution in [3.63, 3.8) is 0 Å². The molecule has 57 heavy (non-hydrogen) atoms. The maximum Gasteiger partial charge on any atom is 0.160 e. The summed E-state index contributed by atoms with van der Waals surface area (Å²) in [5.74, 6) is 0.673. The zero-order chi connectivity index (χ0) is 37.5. The van der Waals surface area contributed by atoms with Crippen LogP contribution in [0.4, 0.5) is 0 Å². The van der Waals surface area contributed by atoms with Crippen LogP contribution in [-0.4, -0.2) is 14.5 Å². The van der Waals surface area contributed by atoms with Crippen molar-refractivity contribution < 1.29 is 8.83 Å². The molecule has 5 nitrogen and oxygen atoms in total. The molecule has 0 atom stereocenters. The molecule has 0 saturated carbocycles. The van der Waals surface area contributed by atoms with Crippen molar-refractivity contribution in [1.82, 2.24) is 14.5 Å². The smallest absolute Gasteiger partial charge is 0.160 e. The van der Waals surface area contributed by atoms with Gasteiger partial charge in [-0.05, 0) is 60.2 Å². The monoisotopic (exact) mass is 729 g/mol. The first-order valence-corrected chi connectivity index (χ1v) is 19.1. The molecule has 5 heteroatoms. The maximum atomic E-state index is 6.69. The van der Waals surface area contributed by atoms with Gasteiger partial charge < -0.3 is 13.4 Å². The van der Waals surface area contributed by atoms with Crippen molar-refractivity contribution in [2.75, 3.05) is 0 Å². The lowest BCUT2D eigenvalue weighted by molar-refractivity contribution is 0.668. The second-order valence-electron chi connectivity index (χ2n) is 14.6. The predicted molar refractivity (Wildman–Crippen MR) is 233 cm³/mol. The number of hydrogen-bond donors (Lipinski definition) is 0. The molecule has 0 saturated heterocycles. The van der Waals surface area contributed by atoms with Crippen LogP contribution in [0.25, 0.3) is 116 Å². The average molecular weight is 730 g/mol. The summed E-state index contributed by atoms with van der Waals surface area (Å²) in [5, 5.41) is 6.63. The number of benzene rings is 8. The topological polar surface area (TPSA) is 57.0 Å². The zero-order valence-corrected chi connectivity index (χ0v) is 30.6. The zero-order valence-electron chi connectivity index (χ0n) is 30.6. The Morgan fingerprint density at radius 3 is 1.67 bits per heavy atom. The summed E-state index contributed by atoms with van der Waals surface area (Å²) in [6, 6.07) is 65.5. The van der Waals surface area contributed by atoms with Gasteiger partial charge in [-0.2, -0.15) is 0 Å². The molecule has 0 aliphatic rings. The normalized spacial score (nSPS) is 11.9. The van der Waals surface area contributed by atoms with Crippen LogP contribution in [0, 0.1) is 0 Å². The van der Waals surface area contributed by atoms with Crippen LogP contribution in [-0.2, 0) is 0 Å². The van der Waals surface area contributed by atoms with E-state index >= 15 is 0 Å². The Labute approximate surface area is 326 Å². The van der Waals surface area contributed by atoms with E-state index < -0.39 is 0 Å². The second-order valence-corrected chi connectivity index (χ2v) is 14.6. The number of hydrogen-bond acceptors (Lipinski definition) is 4. The van der Waals surface area contributed by atoms with Crippen molar-refractivity contribution in [3.05, 3.63) is 188 Å². The van der Waals surface area contributed by atoms with Crippen molar-refractivity contribution >= 4 is 65.7 Å². The minimum atomic E-state index is 0.673. The molecule has 266 valence electrons. The highest BCUT2D eigenvalue weighted by molar-refractivity contribution is 6.14. The molecular weight excluding hydrogens is 699 g/mol. The Morgan fingerprint density at radius 2 is 0.930 bits per heavy atom. The van der Waals surface area contributed by atoms with Gasteiger partial charge in [0.1, 0.15) is 22.3 Å². The van der Waals surface area contributed by atoms with E-state index in [1.165, 1.54) is 5.39 Å². The van der Waals surface area contributed by atoms with E-state index in [-0.39, 0.29) is 0 Å². The van der Waals surface area contributed by atoms with Gasteiger partial charge in [-0.3, -0.25) is 0 Å². The van der Waals surface area contributed by atoms with Crippen LogP contribution in [0.5, 0.6) is 0 Å². The molecule has 0 aliphatic heterocycles. The highest BCUT2D eigenvalue weighted by atomic mass is 16.3. The lowest BCUT2D eigenvalue weighted by atomic mass is 9.99. The summed E-state index contributed by atoms with van der Waals surface area (Å²) in [5.41, 5.74) is 13.5. The fourth-order valence-corrected chi connectivity index (χ4v) is 8.53. The van der Waals surface area contributed by atoms with Crippen molar-refractivity contribution in [3.8, 4) is 50.7 Å². The van der Waals surface area contributed by atoms with E-state index in [0.717, 1.165) is 105 Å². The molecule has 0 radical (unpaired) electrons. The molecule has 0 N–H and O–H groups in total. The number of nitrogens with zero attached hydrogens (tertiary/aromatic N) is 3. The summed E-state index contributed by atoms with van der Waals surface area (Å²) < 4.78 is 15.3. The van der Waals surface area contributed by atoms with Gasteiger partial charge in [0.15, 0.2) is 5.82 Å². The Bertz CT molecular complexity index is 3460. The molecular formula is C52H31N3O2. The second kappa shape index (κ2) is 12.4. The van der Waals surface area contributed by atoms with Crippen LogP contribution in [0.3, 0.4) is 0 Å². The van der Waals surface area contributed by atoms with Gasteiger partial charge in [0, 0.05) is 60.3 Å². The largest absolute Gasteiger partial charge is 0.456 e. The first-order valence-electron chi connectivity index (χ1n) is 19.1. The summed E-state index contributed by atoms with van der Waals surface area (Å²) in [7, 11) is 0. The van der Waals surface area contributed by atoms with E-state index in [2.05, 4.69) is 132 Å². The third-order valence-corrected chi connectivity index (χ3v) is 11.2. The Hall–Kier alpha value is -7.76. The Balaban J connectivity index is 1.12. The first-order chi connectivity index (χ1) is 28.2. The highest BCUT2D eigenvalue weighted by Crippen LogP contribution is 2.42. The molecule has 4 heterocycles. The van der Waals surface area contributed by atoms with Crippen LogP contribution in [0.2, 0.25) is 0 Å². The standard InChI is InChI=1S/C52H31N3O2/c1-3-13-32(14-4-1)44-31-45(33-15-5-2-6-16-33)54-52(53-44)35-23-25-38-37-17-7-10-20-46(37)55(47(38)28-35)36-29-41(51-43(30-36)40-19-9-12-22-49(40)57-51)34-24-26-50-42(27-34)39-18-8-11-21-48(39)56-50/h1-31H. The van der Waals surface area contributed by atoms with E-state index in [1.54, 1.807) is 0 Å². The van der Waals surface area contributed by atoms with E-state index in [4.69, 9.17) is 18.8 Å². The number of aromatic nitrogens is 3. The van der Waals surface area contributed by atoms with Crippen LogP contribution < -0.4 is 0 Å². The molecule has 0 fully saturated rings. The average Bonchev–Trinajstić information content (AvgIpc) is 3.95. The number of rotatable bonds is 5. The van der Waals surface area contributed by atoms with E-state index in [1.807, 2.05) is 60.7 Å². The summed E-state index contributed by atoms with van der Waals surface area (Å²) >= 11 is 0. The van der Waals surface area contributed by atoms with Crippen molar-refractivity contribution in [2.24, 2.45) is 0 Å². The summed E-state index contributed by atoms with van der Waals surface area (Å²) in [6.07, 6.45) is 0. The van der Waals surface area contributed by atoms with Gasteiger partial charge in [0.2, 0.25) is 0 Å². The van der Waals surface area contributed by atoms with Crippen LogP contribution in [0.15, 0.2) is 197 Å². The molecule has 12 rings (SSSR count). The van der Waals surface area contributed by atoms with Gasteiger partial charge in [0.05, 0.1) is 22.4 Å². The number of para-hydroxylation sites is 3. The minimum Gasteiger partial charge on any atom is -0.456 e. The van der Waals surface area contributed by atoms with Crippen molar-refractivity contribution in [2.45, 2.75) is 0 Å². The molecule has 12 aromatic rings. The quantitative estimate of drug-likeness (QED) is 0.177. The van der Waals surface area contributed by atoms with Crippen LogP contribution in [0.1, 0.15) is 0 Å². The SMILES string of the molecule is c1ccc(-c2cc(-c3ccccc3)nc(-c3ccc4c5ccccc5n(-c5cc(-c6ccc7oc8ccccc8c7c6)c6oc7ccccc7c6c5)c4c3)n2)cc1. The summed E-state index contributed by atoms with van der Waals surface area (Å²) in [6.45, 7) is 0. The molecule has 4 aromatic heterocycles. The lowest BCUT2D eigenvalue weighted by Crippen LogP contribution is -1.97. The first kappa shape index (κ1) is 31.6. The van der Waals surface area contributed by atoms with Crippen LogP contribution >= 0.6 is 0 Å². The van der Waals surface area contributed by atoms with Gasteiger partial charge in [-0.25, -0.2) is 9.97 Å². The number of fused-ring (bicyclic) bond motifs is 9. The molecule has 8 aromatic carbocycles. The third-order valence-electron chi connectivity index (χ3n) is 11.2. The highest BCUT2D eigenvalue weighted by Gasteiger charge is 2.20. The van der Waals surface area contributed by atoms with Gasteiger partial charge in [-0.1, -0.05) is 133 Å². The molecule has 0 aliphatic carbocycles. The van der Waals surface area contributed by atoms with Gasteiger partial charge in [0.25, 0.3) is 0 Å². The molecule has 0 unspecified atom stereocenters. The fourth-order valence-electron chi connectivity index (χ4n) is 8.53. The Kier molecular flexibility index (Phi) is 6.86. The van der Waals surface area contributed by atoms with Gasteiger partial charge >= 0.3 is 0 Å². The van der Waals surface area contributed by atoms with E-state index in [9.17, 15) is 0 Å². The maximum absolute atomic E-state index is 6.69. The predicted octanol–water partition coefficient (Wildman–Crippen LogP) is 14.0. The Morgan fingerprint density at radius 1 is 0.351 bits per heavy atom. The molecule has 0 amide bonds. The minimum absolute atomic E-state index is 0.673. The third kappa shape index (κ3) is 5.03. The lowest BCUT2D eigenvalue weighted by Gasteiger charge is -2.13. The van der Waals surface area contributed by atoms with E-state index in [0.29, 0.717) is 5.82 Å². The summed E-state index contributed by atoms with van der Waals surface area (Å²) in [4.78, 5) is 10.4.